The van der Waals surface area contributed by atoms with Gasteiger partial charge in [0.05, 0.1) is 41.4 Å². The van der Waals surface area contributed by atoms with E-state index in [0.29, 0.717) is 22.9 Å². The van der Waals surface area contributed by atoms with E-state index in [-0.39, 0.29) is 24.1 Å². The zero-order valence-corrected chi connectivity index (χ0v) is 16.8. The van der Waals surface area contributed by atoms with Crippen LogP contribution in [-0.2, 0) is 0 Å². The van der Waals surface area contributed by atoms with Crippen molar-refractivity contribution in [3.63, 3.8) is 0 Å². The van der Waals surface area contributed by atoms with Gasteiger partial charge in [0.15, 0.2) is 5.82 Å². The average Bonchev–Trinajstić information content (AvgIpc) is 3.25. The van der Waals surface area contributed by atoms with Crippen molar-refractivity contribution in [1.82, 2.24) is 34.8 Å². The molecule has 0 radical (unpaired) electrons. The summed E-state index contributed by atoms with van der Waals surface area (Å²) in [6, 6.07) is 1.89. The largest absolute Gasteiger partial charge is 0.458 e. The summed E-state index contributed by atoms with van der Waals surface area (Å²) >= 11 is 5.83. The number of carbonyl (C=O) groups is 1. The molecule has 150 valence electrons. The lowest BCUT2D eigenvalue weighted by molar-refractivity contribution is 0.0248. The first kappa shape index (κ1) is 19.3. The lowest BCUT2D eigenvalue weighted by Crippen LogP contribution is -2.51. The van der Waals surface area contributed by atoms with E-state index < -0.39 is 0 Å². The van der Waals surface area contributed by atoms with Crippen LogP contribution in [0.3, 0.4) is 0 Å². The van der Waals surface area contributed by atoms with Gasteiger partial charge in [-0.15, -0.1) is 4.80 Å². The lowest BCUT2D eigenvalue weighted by atomic mass is 9.98. The number of halogens is 1. The molecule has 0 aliphatic carbocycles. The van der Waals surface area contributed by atoms with Gasteiger partial charge in [-0.05, 0) is 38.3 Å². The third-order valence-electron chi connectivity index (χ3n) is 4.87. The van der Waals surface area contributed by atoms with Crippen molar-refractivity contribution in [1.29, 1.82) is 0 Å². The number of aromatic nitrogens is 6. The predicted molar refractivity (Wildman–Crippen MR) is 105 cm³/mol. The molecule has 0 spiro atoms. The quantitative estimate of drug-likeness (QED) is 0.647. The first-order valence-corrected chi connectivity index (χ1v) is 9.69. The van der Waals surface area contributed by atoms with E-state index in [1.165, 1.54) is 17.2 Å². The van der Waals surface area contributed by atoms with Crippen molar-refractivity contribution in [3.05, 3.63) is 53.2 Å². The molecule has 10 heteroatoms. The second-order valence-electron chi connectivity index (χ2n) is 6.92. The number of aryl methyl sites for hydroxylation is 1. The normalized spacial score (nSPS) is 19.2. The molecule has 0 aromatic carbocycles. The molecule has 2 unspecified atom stereocenters. The third-order valence-corrected chi connectivity index (χ3v) is 5.07. The maximum Gasteiger partial charge on any atom is 0.316 e. The van der Waals surface area contributed by atoms with Crippen LogP contribution in [-0.4, -0.2) is 59.4 Å². The molecular weight excluding hydrogens is 394 g/mol. The van der Waals surface area contributed by atoms with Crippen LogP contribution in [0.2, 0.25) is 5.02 Å². The van der Waals surface area contributed by atoms with Gasteiger partial charge < -0.3 is 9.64 Å². The fourth-order valence-electron chi connectivity index (χ4n) is 3.41. The van der Waals surface area contributed by atoms with E-state index in [9.17, 15) is 4.79 Å². The topological polar surface area (TPSA) is 98.9 Å². The summed E-state index contributed by atoms with van der Waals surface area (Å²) < 4.78 is 5.94. The highest BCUT2D eigenvalue weighted by molar-refractivity contribution is 6.30. The number of hydrogen-bond acceptors (Lipinski definition) is 7. The van der Waals surface area contributed by atoms with Crippen LogP contribution in [0.15, 0.2) is 37.1 Å². The predicted octanol–water partition coefficient (Wildman–Crippen LogP) is 2.49. The molecule has 29 heavy (non-hydrogen) atoms. The van der Waals surface area contributed by atoms with Gasteiger partial charge in [0.2, 0.25) is 0 Å². The third kappa shape index (κ3) is 4.04. The Morgan fingerprint density at radius 2 is 1.90 bits per heavy atom. The van der Waals surface area contributed by atoms with Gasteiger partial charge in [-0.3, -0.25) is 4.79 Å². The summed E-state index contributed by atoms with van der Waals surface area (Å²) in [5.41, 5.74) is 1.34. The average molecular weight is 414 g/mol. The number of amides is 1. The Kier molecular flexibility index (Phi) is 5.39. The van der Waals surface area contributed by atoms with E-state index in [4.69, 9.17) is 16.3 Å². The van der Waals surface area contributed by atoms with E-state index >= 15 is 0 Å². The smallest absolute Gasteiger partial charge is 0.316 e. The summed E-state index contributed by atoms with van der Waals surface area (Å²) in [5, 5.41) is 8.69. The molecule has 9 nitrogen and oxygen atoms in total. The molecule has 3 aromatic rings. The Hall–Kier alpha value is -3.07. The highest BCUT2D eigenvalue weighted by Gasteiger charge is 2.35. The van der Waals surface area contributed by atoms with Crippen molar-refractivity contribution in [2.45, 2.75) is 38.8 Å². The van der Waals surface area contributed by atoms with Crippen molar-refractivity contribution >= 4 is 17.5 Å². The number of likely N-dealkylation sites (tertiary alicyclic amines) is 1. The Bertz CT molecular complexity index is 994. The first-order valence-electron chi connectivity index (χ1n) is 9.31. The van der Waals surface area contributed by atoms with E-state index in [1.807, 2.05) is 19.9 Å². The van der Waals surface area contributed by atoms with Crippen LogP contribution in [0.4, 0.5) is 0 Å². The molecule has 0 bridgehead atoms. The van der Waals surface area contributed by atoms with Crippen LogP contribution < -0.4 is 4.74 Å². The molecule has 4 heterocycles. The minimum atomic E-state index is -0.224. The number of carbonyl (C=O) groups excluding carboxylic acids is 1. The Morgan fingerprint density at radius 1 is 1.17 bits per heavy atom. The molecule has 0 saturated carbocycles. The number of rotatable bonds is 4. The first-order chi connectivity index (χ1) is 14.0. The molecule has 3 aromatic heterocycles. The van der Waals surface area contributed by atoms with Gasteiger partial charge in [-0.2, -0.15) is 10.2 Å². The lowest BCUT2D eigenvalue weighted by Gasteiger charge is -2.38. The SMILES string of the molecule is Cc1cnc(-n2nccn2)c(C(=O)N2CCCC(Oc3ncc(Cl)cn3)C2C)c1. The molecule has 1 aliphatic rings. The minimum absolute atomic E-state index is 0.133. The summed E-state index contributed by atoms with van der Waals surface area (Å²) in [4.78, 5) is 29.2. The maximum atomic E-state index is 13.4. The highest BCUT2D eigenvalue weighted by atomic mass is 35.5. The van der Waals surface area contributed by atoms with Crippen molar-refractivity contribution < 1.29 is 9.53 Å². The van der Waals surface area contributed by atoms with Crippen LogP contribution in [0.5, 0.6) is 6.01 Å². The number of nitrogens with zero attached hydrogens (tertiary/aromatic N) is 7. The van der Waals surface area contributed by atoms with Gasteiger partial charge >= 0.3 is 6.01 Å². The molecule has 1 aliphatic heterocycles. The fraction of sp³-hybridized carbons (Fsp3) is 0.368. The maximum absolute atomic E-state index is 13.4. The molecular formula is C19H20ClN7O2. The van der Waals surface area contributed by atoms with Crippen LogP contribution in [0.1, 0.15) is 35.7 Å². The van der Waals surface area contributed by atoms with Gasteiger partial charge in [-0.1, -0.05) is 11.6 Å². The van der Waals surface area contributed by atoms with Crippen LogP contribution >= 0.6 is 11.6 Å². The standard InChI is InChI=1S/C19H20ClN7O2/c1-12-8-15(17(21-9-12)27-24-5-6-25-27)18(28)26-7-3-4-16(13(26)2)29-19-22-10-14(20)11-23-19/h5-6,8-11,13,16H,3-4,7H2,1-2H3. The monoisotopic (exact) mass is 413 g/mol. The molecule has 1 saturated heterocycles. The second kappa shape index (κ2) is 8.12. The molecule has 1 amide bonds. The molecule has 1 fully saturated rings. The summed E-state index contributed by atoms with van der Waals surface area (Å²) in [6.45, 7) is 4.49. The summed E-state index contributed by atoms with van der Waals surface area (Å²) in [7, 11) is 0. The van der Waals surface area contributed by atoms with Crippen molar-refractivity contribution in [2.24, 2.45) is 0 Å². The number of ether oxygens (including phenoxy) is 1. The fourth-order valence-corrected chi connectivity index (χ4v) is 3.51. The Morgan fingerprint density at radius 3 is 2.62 bits per heavy atom. The van der Waals surface area contributed by atoms with Gasteiger partial charge in [-0.25, -0.2) is 15.0 Å². The zero-order valence-electron chi connectivity index (χ0n) is 16.1. The van der Waals surface area contributed by atoms with E-state index in [1.54, 1.807) is 23.5 Å². The Labute approximate surface area is 172 Å². The number of hydrogen-bond donors (Lipinski definition) is 0. The van der Waals surface area contributed by atoms with Gasteiger partial charge in [0.1, 0.15) is 6.10 Å². The molecule has 2 atom stereocenters. The molecule has 4 rings (SSSR count). The number of piperidine rings is 1. The minimum Gasteiger partial charge on any atom is -0.458 e. The van der Waals surface area contributed by atoms with E-state index in [2.05, 4.69) is 25.1 Å². The highest BCUT2D eigenvalue weighted by Crippen LogP contribution is 2.25. The van der Waals surface area contributed by atoms with E-state index in [0.717, 1.165) is 18.4 Å². The van der Waals surface area contributed by atoms with Crippen molar-refractivity contribution in [2.75, 3.05) is 6.54 Å². The summed E-state index contributed by atoms with van der Waals surface area (Å²) in [5.74, 6) is 0.271. The zero-order chi connectivity index (χ0) is 20.4. The van der Waals surface area contributed by atoms with Crippen molar-refractivity contribution in [3.8, 4) is 11.8 Å². The summed E-state index contributed by atoms with van der Waals surface area (Å²) in [6.07, 6.45) is 9.16. The van der Waals surface area contributed by atoms with Crippen LogP contribution in [0.25, 0.3) is 5.82 Å². The Balaban J connectivity index is 1.58. The molecule has 0 N–H and O–H groups in total. The van der Waals surface area contributed by atoms with Gasteiger partial charge in [0.25, 0.3) is 5.91 Å². The van der Waals surface area contributed by atoms with Crippen LogP contribution in [0, 0.1) is 6.92 Å². The second-order valence-corrected chi connectivity index (χ2v) is 7.36. The van der Waals surface area contributed by atoms with Gasteiger partial charge in [0, 0.05) is 12.7 Å². The number of pyridine rings is 1.